The maximum absolute atomic E-state index is 12.8. The molecule has 0 radical (unpaired) electrons. The summed E-state index contributed by atoms with van der Waals surface area (Å²) in [7, 11) is 0. The van der Waals surface area contributed by atoms with Crippen molar-refractivity contribution in [3.8, 4) is 0 Å². The van der Waals surface area contributed by atoms with E-state index in [-0.39, 0.29) is 12.0 Å². The first-order valence-corrected chi connectivity index (χ1v) is 8.28. The fourth-order valence-corrected chi connectivity index (χ4v) is 3.20. The molecule has 0 unspecified atom stereocenters. The molecule has 2 heterocycles. The van der Waals surface area contributed by atoms with Gasteiger partial charge in [-0.2, -0.15) is 13.2 Å². The van der Waals surface area contributed by atoms with Gasteiger partial charge in [0, 0.05) is 38.5 Å². The molecule has 3 rings (SSSR count). The second kappa shape index (κ2) is 7.01. The zero-order chi connectivity index (χ0) is 17.2. The second-order valence-corrected chi connectivity index (χ2v) is 6.22. The monoisotopic (exact) mass is 342 g/mol. The summed E-state index contributed by atoms with van der Waals surface area (Å²) in [6, 6.07) is 5.34. The van der Waals surface area contributed by atoms with Gasteiger partial charge in [0.1, 0.15) is 6.10 Å². The minimum Gasteiger partial charge on any atom is -0.368 e. The van der Waals surface area contributed by atoms with Crippen molar-refractivity contribution in [3.05, 3.63) is 29.8 Å². The number of piperazine rings is 1. The summed E-state index contributed by atoms with van der Waals surface area (Å²) in [4.78, 5) is 16.1. The van der Waals surface area contributed by atoms with Gasteiger partial charge in [-0.05, 0) is 37.5 Å². The number of alkyl halides is 3. The van der Waals surface area contributed by atoms with Crippen molar-refractivity contribution in [3.63, 3.8) is 0 Å². The Bertz CT molecular complexity index is 577. The van der Waals surface area contributed by atoms with Crippen LogP contribution in [0.4, 0.5) is 18.9 Å². The Balaban J connectivity index is 1.60. The number of carbonyl (C=O) groups excluding carboxylic acids is 1. The Kier molecular flexibility index (Phi) is 4.99. The molecule has 132 valence electrons. The number of rotatable bonds is 2. The molecule has 1 amide bonds. The van der Waals surface area contributed by atoms with Gasteiger partial charge in [0.15, 0.2) is 0 Å². The molecule has 0 saturated carbocycles. The smallest absolute Gasteiger partial charge is 0.368 e. The van der Waals surface area contributed by atoms with Gasteiger partial charge in [-0.3, -0.25) is 4.79 Å². The molecule has 1 aromatic rings. The number of anilines is 1. The van der Waals surface area contributed by atoms with Crippen molar-refractivity contribution in [1.29, 1.82) is 0 Å². The van der Waals surface area contributed by atoms with Gasteiger partial charge in [0.05, 0.1) is 5.56 Å². The molecule has 1 atom stereocenters. The fraction of sp³-hybridized carbons (Fsp3) is 0.588. The molecule has 0 bridgehead atoms. The standard InChI is InChI=1S/C17H21F3N2O2/c18-17(19,20)13-4-3-5-14(12-13)21-7-9-22(10-8-21)16(23)15-6-1-2-11-24-15/h3-5,12,15H,1-2,6-11H2/t15-/m1/s1. The molecule has 0 spiro atoms. The van der Waals surface area contributed by atoms with Crippen molar-refractivity contribution >= 4 is 11.6 Å². The van der Waals surface area contributed by atoms with E-state index < -0.39 is 11.7 Å². The number of halogens is 3. The summed E-state index contributed by atoms with van der Waals surface area (Å²) in [5, 5.41) is 0. The lowest BCUT2D eigenvalue weighted by molar-refractivity contribution is -0.146. The molecule has 2 saturated heterocycles. The summed E-state index contributed by atoms with van der Waals surface area (Å²) >= 11 is 0. The van der Waals surface area contributed by atoms with Crippen LogP contribution in [-0.4, -0.2) is 49.7 Å². The Morgan fingerprint density at radius 1 is 1.12 bits per heavy atom. The minimum atomic E-state index is -4.34. The normalized spacial score (nSPS) is 22.5. The number of amides is 1. The van der Waals surface area contributed by atoms with Gasteiger partial charge in [-0.15, -0.1) is 0 Å². The third-order valence-corrected chi connectivity index (χ3v) is 4.59. The van der Waals surface area contributed by atoms with Crippen LogP contribution in [0.15, 0.2) is 24.3 Å². The highest BCUT2D eigenvalue weighted by molar-refractivity contribution is 5.81. The number of ether oxygens (including phenoxy) is 1. The largest absolute Gasteiger partial charge is 0.416 e. The molecule has 7 heteroatoms. The van der Waals surface area contributed by atoms with Crippen LogP contribution in [0.25, 0.3) is 0 Å². The van der Waals surface area contributed by atoms with Crippen molar-refractivity contribution in [2.45, 2.75) is 31.5 Å². The summed E-state index contributed by atoms with van der Waals surface area (Å²) in [5.41, 5.74) is -0.0973. The van der Waals surface area contributed by atoms with E-state index in [9.17, 15) is 18.0 Å². The Hall–Kier alpha value is -1.76. The topological polar surface area (TPSA) is 32.8 Å². The Morgan fingerprint density at radius 3 is 2.50 bits per heavy atom. The number of benzene rings is 1. The van der Waals surface area contributed by atoms with Gasteiger partial charge >= 0.3 is 6.18 Å². The summed E-state index contributed by atoms with van der Waals surface area (Å²) < 4.78 is 44.0. The average molecular weight is 342 g/mol. The molecule has 2 aliphatic rings. The lowest BCUT2D eigenvalue weighted by Gasteiger charge is -2.38. The molecular formula is C17H21F3N2O2. The highest BCUT2D eigenvalue weighted by Gasteiger charge is 2.32. The van der Waals surface area contributed by atoms with E-state index in [4.69, 9.17) is 4.74 Å². The molecule has 4 nitrogen and oxygen atoms in total. The number of hydrogen-bond acceptors (Lipinski definition) is 3. The number of nitrogens with zero attached hydrogens (tertiary/aromatic N) is 2. The van der Waals surface area contributed by atoms with E-state index in [1.54, 1.807) is 11.0 Å². The number of hydrogen-bond donors (Lipinski definition) is 0. The van der Waals surface area contributed by atoms with Crippen LogP contribution in [0.1, 0.15) is 24.8 Å². The van der Waals surface area contributed by atoms with Crippen LogP contribution >= 0.6 is 0 Å². The number of carbonyl (C=O) groups is 1. The van der Waals surface area contributed by atoms with E-state index in [1.165, 1.54) is 12.1 Å². The van der Waals surface area contributed by atoms with Crippen LogP contribution in [0.3, 0.4) is 0 Å². The molecule has 1 aromatic carbocycles. The zero-order valence-electron chi connectivity index (χ0n) is 13.4. The van der Waals surface area contributed by atoms with Crippen molar-refractivity contribution < 1.29 is 22.7 Å². The van der Waals surface area contributed by atoms with E-state index in [1.807, 2.05) is 4.90 Å². The Labute approximate surface area is 139 Å². The second-order valence-electron chi connectivity index (χ2n) is 6.22. The van der Waals surface area contributed by atoms with E-state index in [0.29, 0.717) is 38.5 Å². The highest BCUT2D eigenvalue weighted by Crippen LogP contribution is 2.32. The molecule has 2 aliphatic heterocycles. The van der Waals surface area contributed by atoms with Crippen LogP contribution in [0.5, 0.6) is 0 Å². The van der Waals surface area contributed by atoms with Gasteiger partial charge in [-0.1, -0.05) is 6.07 Å². The molecule has 2 fully saturated rings. The first-order valence-electron chi connectivity index (χ1n) is 8.28. The van der Waals surface area contributed by atoms with Crippen LogP contribution in [-0.2, 0) is 15.7 Å². The van der Waals surface area contributed by atoms with Crippen LogP contribution in [0, 0.1) is 0 Å². The van der Waals surface area contributed by atoms with E-state index in [0.717, 1.165) is 25.3 Å². The van der Waals surface area contributed by atoms with E-state index >= 15 is 0 Å². The van der Waals surface area contributed by atoms with Gasteiger partial charge in [0.25, 0.3) is 5.91 Å². The molecule has 0 aromatic heterocycles. The zero-order valence-corrected chi connectivity index (χ0v) is 13.4. The third kappa shape index (κ3) is 3.83. The molecule has 0 N–H and O–H groups in total. The maximum Gasteiger partial charge on any atom is 0.416 e. The highest BCUT2D eigenvalue weighted by atomic mass is 19.4. The molecular weight excluding hydrogens is 321 g/mol. The van der Waals surface area contributed by atoms with E-state index in [2.05, 4.69) is 0 Å². The fourth-order valence-electron chi connectivity index (χ4n) is 3.20. The van der Waals surface area contributed by atoms with Crippen molar-refractivity contribution in [2.75, 3.05) is 37.7 Å². The Morgan fingerprint density at radius 2 is 1.88 bits per heavy atom. The van der Waals surface area contributed by atoms with Gasteiger partial charge in [-0.25, -0.2) is 0 Å². The predicted octanol–water partition coefficient (Wildman–Crippen LogP) is 2.92. The molecule has 24 heavy (non-hydrogen) atoms. The first kappa shape index (κ1) is 17.1. The van der Waals surface area contributed by atoms with Gasteiger partial charge in [0.2, 0.25) is 0 Å². The lowest BCUT2D eigenvalue weighted by atomic mass is 10.1. The molecule has 0 aliphatic carbocycles. The van der Waals surface area contributed by atoms with Crippen molar-refractivity contribution in [1.82, 2.24) is 4.90 Å². The quantitative estimate of drug-likeness (QED) is 0.828. The van der Waals surface area contributed by atoms with Crippen LogP contribution in [0.2, 0.25) is 0 Å². The summed E-state index contributed by atoms with van der Waals surface area (Å²) in [5.74, 6) is 0.0124. The average Bonchev–Trinajstić information content (AvgIpc) is 2.61. The SMILES string of the molecule is O=C([C@H]1CCCCO1)N1CCN(c2cccc(C(F)(F)F)c2)CC1. The summed E-state index contributed by atoms with van der Waals surface area (Å²) in [6.45, 7) is 2.70. The predicted molar refractivity (Wildman–Crippen MR) is 83.8 cm³/mol. The van der Waals surface area contributed by atoms with Crippen LogP contribution < -0.4 is 4.90 Å². The first-order chi connectivity index (χ1) is 11.4. The minimum absolute atomic E-state index is 0.0124. The third-order valence-electron chi connectivity index (χ3n) is 4.59. The van der Waals surface area contributed by atoms with Gasteiger partial charge < -0.3 is 14.5 Å². The lowest BCUT2D eigenvalue weighted by Crippen LogP contribution is -2.52. The maximum atomic E-state index is 12.8. The van der Waals surface area contributed by atoms with Crippen molar-refractivity contribution in [2.24, 2.45) is 0 Å². The summed E-state index contributed by atoms with van der Waals surface area (Å²) in [6.07, 6.45) is -1.94.